The second-order valence-corrected chi connectivity index (χ2v) is 11.1. The Labute approximate surface area is 171 Å². The molecule has 2 atom stereocenters. The molecule has 0 heterocycles. The Bertz CT molecular complexity index is 1000. The zero-order valence-electron chi connectivity index (χ0n) is 16.8. The van der Waals surface area contributed by atoms with E-state index in [0.29, 0.717) is 17.5 Å². The molecule has 0 unspecified atom stereocenters. The van der Waals surface area contributed by atoms with E-state index >= 15 is 4.39 Å². The van der Waals surface area contributed by atoms with Crippen molar-refractivity contribution in [1.29, 1.82) is 0 Å². The fraction of sp³-hybridized carbons (Fsp3) is 0.478. The first-order chi connectivity index (χ1) is 13.7. The lowest BCUT2D eigenvalue weighted by atomic mass is 9.89. The van der Waals surface area contributed by atoms with Crippen LogP contribution >= 0.6 is 0 Å². The lowest BCUT2D eigenvalue weighted by Gasteiger charge is -2.27. The monoisotopic (exact) mass is 419 g/mol. The molecular weight excluding hydrogens is 392 g/mol. The highest BCUT2D eigenvalue weighted by Gasteiger charge is 2.57. The fourth-order valence-electron chi connectivity index (χ4n) is 4.68. The highest BCUT2D eigenvalue weighted by Crippen LogP contribution is 2.60. The van der Waals surface area contributed by atoms with Crippen LogP contribution in [-0.2, 0) is 16.4 Å². The van der Waals surface area contributed by atoms with E-state index < -0.39 is 26.9 Å². The van der Waals surface area contributed by atoms with Crippen LogP contribution in [0, 0.1) is 23.0 Å². The number of sulfonamides is 1. The maximum Gasteiger partial charge on any atom is 0.214 e. The summed E-state index contributed by atoms with van der Waals surface area (Å²) in [6.07, 6.45) is 4.08. The summed E-state index contributed by atoms with van der Waals surface area (Å²) in [6, 6.07) is 11.2. The van der Waals surface area contributed by atoms with Gasteiger partial charge in [-0.2, -0.15) is 0 Å². The van der Waals surface area contributed by atoms with Gasteiger partial charge in [-0.05, 0) is 80.5 Å². The molecule has 0 aromatic heterocycles. The van der Waals surface area contributed by atoms with Crippen LogP contribution in [0.25, 0.3) is 11.1 Å². The van der Waals surface area contributed by atoms with Crippen LogP contribution in [0.2, 0.25) is 0 Å². The van der Waals surface area contributed by atoms with Gasteiger partial charge in [0.25, 0.3) is 0 Å². The topological polar surface area (TPSA) is 46.2 Å². The minimum absolute atomic E-state index is 0.00130. The zero-order chi connectivity index (χ0) is 20.8. The van der Waals surface area contributed by atoms with Crippen molar-refractivity contribution in [2.45, 2.75) is 57.2 Å². The molecule has 156 valence electrons. The molecule has 4 rings (SSSR count). The Morgan fingerprint density at radius 3 is 2.41 bits per heavy atom. The van der Waals surface area contributed by atoms with Gasteiger partial charge in [-0.15, -0.1) is 0 Å². The van der Waals surface area contributed by atoms with Gasteiger partial charge in [0.05, 0.1) is 5.25 Å². The number of hydrogen-bond donors (Lipinski definition) is 1. The van der Waals surface area contributed by atoms with Crippen LogP contribution in [0.4, 0.5) is 8.78 Å². The van der Waals surface area contributed by atoms with Crippen LogP contribution in [-0.4, -0.2) is 19.7 Å². The Balaban J connectivity index is 1.64. The Morgan fingerprint density at radius 1 is 1.10 bits per heavy atom. The quantitative estimate of drug-likeness (QED) is 0.711. The van der Waals surface area contributed by atoms with E-state index in [1.165, 1.54) is 12.1 Å². The van der Waals surface area contributed by atoms with Crippen molar-refractivity contribution in [2.75, 3.05) is 0 Å². The molecule has 0 radical (unpaired) electrons. The molecule has 1 N–H and O–H groups in total. The van der Waals surface area contributed by atoms with Crippen molar-refractivity contribution in [3.63, 3.8) is 0 Å². The van der Waals surface area contributed by atoms with Crippen LogP contribution in [0.3, 0.4) is 0 Å². The summed E-state index contributed by atoms with van der Waals surface area (Å²) < 4.78 is 57.6. The molecule has 2 aromatic rings. The fourth-order valence-corrected chi connectivity index (χ4v) is 5.74. The minimum atomic E-state index is -3.43. The smallest absolute Gasteiger partial charge is 0.212 e. The highest BCUT2D eigenvalue weighted by molar-refractivity contribution is 7.90. The van der Waals surface area contributed by atoms with E-state index in [2.05, 4.69) is 4.72 Å². The van der Waals surface area contributed by atoms with Crippen molar-refractivity contribution >= 4 is 10.0 Å². The van der Waals surface area contributed by atoms with Gasteiger partial charge >= 0.3 is 0 Å². The first kappa shape index (κ1) is 20.5. The number of hydrogen-bond acceptors (Lipinski definition) is 2. The molecule has 2 aliphatic carbocycles. The van der Waals surface area contributed by atoms with Gasteiger partial charge in [-0.25, -0.2) is 21.9 Å². The standard InChI is InChI=1S/C23H27F2NO2S/c1-15(2)29(27,28)26-22-17(8-9-23(22)10-11-23)12-18-13-19(24)14-20(21(18)25)16-6-4-3-5-7-16/h3-7,13-15,17,22,26H,8-12H2,1-2H3/t17-,22+/m0/s1. The van der Waals surface area contributed by atoms with E-state index in [9.17, 15) is 12.8 Å². The maximum atomic E-state index is 15.3. The van der Waals surface area contributed by atoms with Crippen LogP contribution in [0.15, 0.2) is 42.5 Å². The lowest BCUT2D eigenvalue weighted by Crippen LogP contribution is -2.45. The molecule has 1 spiro atoms. The number of benzene rings is 2. The Morgan fingerprint density at radius 2 is 1.79 bits per heavy atom. The summed E-state index contributed by atoms with van der Waals surface area (Å²) >= 11 is 0. The number of halogens is 2. The zero-order valence-corrected chi connectivity index (χ0v) is 17.6. The first-order valence-electron chi connectivity index (χ1n) is 10.3. The molecule has 2 fully saturated rings. The van der Waals surface area contributed by atoms with Crippen molar-refractivity contribution in [3.8, 4) is 11.1 Å². The van der Waals surface area contributed by atoms with E-state index in [0.717, 1.165) is 25.7 Å². The summed E-state index contributed by atoms with van der Waals surface area (Å²) in [5.74, 6) is -0.926. The largest absolute Gasteiger partial charge is 0.214 e. The van der Waals surface area contributed by atoms with Crippen LogP contribution in [0.1, 0.15) is 45.1 Å². The maximum absolute atomic E-state index is 15.3. The summed E-state index contributed by atoms with van der Waals surface area (Å²) in [7, 11) is -3.43. The van der Waals surface area contributed by atoms with Gasteiger partial charge in [0.1, 0.15) is 11.6 Å². The molecule has 6 heteroatoms. The van der Waals surface area contributed by atoms with Gasteiger partial charge < -0.3 is 0 Å². The van der Waals surface area contributed by atoms with Crippen molar-refractivity contribution in [1.82, 2.24) is 4.72 Å². The summed E-state index contributed by atoms with van der Waals surface area (Å²) in [5.41, 5.74) is 1.20. The lowest BCUT2D eigenvalue weighted by molar-refractivity contribution is 0.355. The predicted molar refractivity (Wildman–Crippen MR) is 111 cm³/mol. The first-order valence-corrected chi connectivity index (χ1v) is 11.8. The number of nitrogens with one attached hydrogen (secondary N) is 1. The predicted octanol–water partition coefficient (Wildman–Crippen LogP) is 5.06. The summed E-state index contributed by atoms with van der Waals surface area (Å²) in [6.45, 7) is 3.31. The third-order valence-electron chi connectivity index (χ3n) is 6.63. The molecular formula is C23H27F2NO2S. The molecule has 29 heavy (non-hydrogen) atoms. The number of rotatable bonds is 6. The third-order valence-corrected chi connectivity index (χ3v) is 8.45. The molecule has 0 bridgehead atoms. The van der Waals surface area contributed by atoms with E-state index in [1.54, 1.807) is 38.1 Å². The molecule has 0 saturated heterocycles. The second kappa shape index (κ2) is 7.47. The second-order valence-electron chi connectivity index (χ2n) is 8.85. The van der Waals surface area contributed by atoms with E-state index in [-0.39, 0.29) is 22.9 Å². The molecule has 0 amide bonds. The van der Waals surface area contributed by atoms with Crippen molar-refractivity contribution < 1.29 is 17.2 Å². The average Bonchev–Trinajstić information content (AvgIpc) is 3.40. The van der Waals surface area contributed by atoms with Gasteiger partial charge in [0, 0.05) is 11.6 Å². The van der Waals surface area contributed by atoms with E-state index in [4.69, 9.17) is 0 Å². The Kier molecular flexibility index (Phi) is 5.28. The Hall–Kier alpha value is -1.79. The van der Waals surface area contributed by atoms with E-state index in [1.807, 2.05) is 6.07 Å². The summed E-state index contributed by atoms with van der Waals surface area (Å²) in [4.78, 5) is 0. The van der Waals surface area contributed by atoms with Crippen LogP contribution in [0.5, 0.6) is 0 Å². The van der Waals surface area contributed by atoms with Gasteiger partial charge in [-0.1, -0.05) is 30.3 Å². The normalized spacial score (nSPS) is 23.1. The average molecular weight is 420 g/mol. The molecule has 0 aliphatic heterocycles. The van der Waals surface area contributed by atoms with Crippen LogP contribution < -0.4 is 4.72 Å². The van der Waals surface area contributed by atoms with Crippen molar-refractivity contribution in [3.05, 3.63) is 59.7 Å². The van der Waals surface area contributed by atoms with Gasteiger partial charge in [0.15, 0.2) is 0 Å². The molecule has 2 saturated carbocycles. The minimum Gasteiger partial charge on any atom is -0.212 e. The third kappa shape index (κ3) is 3.97. The highest BCUT2D eigenvalue weighted by atomic mass is 32.2. The molecule has 2 aromatic carbocycles. The SMILES string of the molecule is CC(C)S(=O)(=O)N[C@@H]1[C@H](Cc2cc(F)cc(-c3ccccc3)c2F)CCC12CC2. The summed E-state index contributed by atoms with van der Waals surface area (Å²) in [5, 5.41) is -0.518. The molecule has 2 aliphatic rings. The molecule has 3 nitrogen and oxygen atoms in total. The van der Waals surface area contributed by atoms with Gasteiger partial charge in [-0.3, -0.25) is 0 Å². The van der Waals surface area contributed by atoms with Crippen molar-refractivity contribution in [2.24, 2.45) is 11.3 Å². The van der Waals surface area contributed by atoms with Gasteiger partial charge in [0.2, 0.25) is 10.0 Å².